The topological polar surface area (TPSA) is 108 Å². The van der Waals surface area contributed by atoms with Gasteiger partial charge in [0.1, 0.15) is 17.7 Å². The van der Waals surface area contributed by atoms with E-state index in [2.05, 4.69) is 10.6 Å². The van der Waals surface area contributed by atoms with Crippen LogP contribution in [0.4, 0.5) is 4.79 Å². The summed E-state index contributed by atoms with van der Waals surface area (Å²) >= 11 is 0. The second kappa shape index (κ2) is 12.9. The number of hydrogen-bond donors (Lipinski definition) is 3. The molecule has 0 aliphatic rings. The number of alkyl carbamates (subject to hydrolysis) is 1. The van der Waals surface area contributed by atoms with Crippen molar-refractivity contribution >= 4 is 17.9 Å². The van der Waals surface area contributed by atoms with E-state index in [0.717, 1.165) is 16.7 Å². The van der Waals surface area contributed by atoms with Crippen LogP contribution < -0.4 is 10.6 Å². The molecule has 0 saturated heterocycles. The number of benzene rings is 2. The molecule has 0 bridgehead atoms. The number of ether oxygens (including phenoxy) is 1. The van der Waals surface area contributed by atoms with Crippen LogP contribution >= 0.6 is 0 Å². The number of amides is 3. The SMILES string of the molecule is CCC(C)(C)N(C(=O)C(CO)NC(=O)OC(C)(C)C)C(C(=O)NCc1ccccc1)c1ccc(C)cc1C. The van der Waals surface area contributed by atoms with Crippen LogP contribution in [0, 0.1) is 13.8 Å². The minimum Gasteiger partial charge on any atom is -0.444 e. The first kappa shape index (κ1) is 30.8. The first-order valence-corrected chi connectivity index (χ1v) is 13.0. The molecule has 3 amide bonds. The van der Waals surface area contributed by atoms with Crippen LogP contribution in [0.25, 0.3) is 0 Å². The molecule has 0 aromatic heterocycles. The maximum absolute atomic E-state index is 14.1. The maximum Gasteiger partial charge on any atom is 0.408 e. The molecule has 8 nitrogen and oxygen atoms in total. The summed E-state index contributed by atoms with van der Waals surface area (Å²) in [6.45, 7) is 14.3. The number of rotatable bonds is 10. The Morgan fingerprint density at radius 3 is 2.16 bits per heavy atom. The van der Waals surface area contributed by atoms with E-state index in [-0.39, 0.29) is 12.5 Å². The molecule has 8 heteroatoms. The predicted molar refractivity (Wildman–Crippen MR) is 148 cm³/mol. The zero-order valence-electron chi connectivity index (χ0n) is 23.9. The van der Waals surface area contributed by atoms with Crippen molar-refractivity contribution in [3.63, 3.8) is 0 Å². The second-order valence-electron chi connectivity index (χ2n) is 11.2. The van der Waals surface area contributed by atoms with E-state index in [1.165, 1.54) is 4.90 Å². The summed E-state index contributed by atoms with van der Waals surface area (Å²) < 4.78 is 5.31. The van der Waals surface area contributed by atoms with E-state index < -0.39 is 41.8 Å². The van der Waals surface area contributed by atoms with Crippen LogP contribution in [0.3, 0.4) is 0 Å². The molecular weight excluding hydrogens is 482 g/mol. The number of aliphatic hydroxyl groups excluding tert-OH is 1. The number of nitrogens with one attached hydrogen (secondary N) is 2. The van der Waals surface area contributed by atoms with Crippen molar-refractivity contribution in [3.05, 3.63) is 70.8 Å². The van der Waals surface area contributed by atoms with Gasteiger partial charge in [0.05, 0.1) is 6.61 Å². The van der Waals surface area contributed by atoms with Crippen molar-refractivity contribution in [2.45, 2.75) is 91.6 Å². The number of carbonyl (C=O) groups is 3. The minimum absolute atomic E-state index is 0.287. The Kier molecular flexibility index (Phi) is 10.5. The predicted octanol–water partition coefficient (Wildman–Crippen LogP) is 4.56. The molecule has 2 aromatic rings. The average Bonchev–Trinajstić information content (AvgIpc) is 2.84. The highest BCUT2D eigenvalue weighted by molar-refractivity contribution is 5.93. The fourth-order valence-corrected chi connectivity index (χ4v) is 4.16. The van der Waals surface area contributed by atoms with Crippen molar-refractivity contribution in [2.75, 3.05) is 6.61 Å². The molecule has 2 aromatic carbocycles. The highest BCUT2D eigenvalue weighted by Crippen LogP contribution is 2.34. The normalized spacial score (nSPS) is 13.3. The molecule has 2 atom stereocenters. The number of aliphatic hydroxyl groups is 1. The summed E-state index contributed by atoms with van der Waals surface area (Å²) in [5, 5.41) is 15.6. The van der Waals surface area contributed by atoms with Crippen LogP contribution in [-0.4, -0.2) is 51.7 Å². The first-order valence-electron chi connectivity index (χ1n) is 13.0. The fraction of sp³-hybridized carbons (Fsp3) is 0.500. The van der Waals surface area contributed by atoms with Gasteiger partial charge in [-0.1, -0.05) is 61.0 Å². The fourth-order valence-electron chi connectivity index (χ4n) is 4.16. The number of hydrogen-bond acceptors (Lipinski definition) is 5. The lowest BCUT2D eigenvalue weighted by atomic mass is 9.90. The zero-order chi connectivity index (χ0) is 28.7. The number of aryl methyl sites for hydroxylation is 2. The minimum atomic E-state index is -1.30. The maximum atomic E-state index is 14.1. The lowest BCUT2D eigenvalue weighted by molar-refractivity contribution is -0.150. The van der Waals surface area contributed by atoms with Crippen LogP contribution in [0.2, 0.25) is 0 Å². The highest BCUT2D eigenvalue weighted by atomic mass is 16.6. The largest absolute Gasteiger partial charge is 0.444 e. The molecule has 0 aliphatic carbocycles. The Balaban J connectivity index is 2.55. The van der Waals surface area contributed by atoms with Gasteiger partial charge in [0.2, 0.25) is 11.8 Å². The van der Waals surface area contributed by atoms with E-state index in [0.29, 0.717) is 12.0 Å². The molecule has 0 heterocycles. The van der Waals surface area contributed by atoms with Crippen LogP contribution in [0.1, 0.15) is 76.3 Å². The van der Waals surface area contributed by atoms with Crippen molar-refractivity contribution < 1.29 is 24.2 Å². The van der Waals surface area contributed by atoms with Gasteiger partial charge < -0.3 is 25.4 Å². The second-order valence-corrected chi connectivity index (χ2v) is 11.2. The highest BCUT2D eigenvalue weighted by Gasteiger charge is 2.43. The van der Waals surface area contributed by atoms with Gasteiger partial charge >= 0.3 is 6.09 Å². The smallest absolute Gasteiger partial charge is 0.408 e. The zero-order valence-corrected chi connectivity index (χ0v) is 23.9. The third-order valence-corrected chi connectivity index (χ3v) is 6.46. The van der Waals surface area contributed by atoms with Crippen molar-refractivity contribution in [1.82, 2.24) is 15.5 Å². The molecule has 0 spiro atoms. The standard InChI is InChI=1S/C30H43N3O5/c1-9-30(7,8)33(27(36)24(19-34)32-28(37)38-29(4,5)6)25(23-16-15-20(2)17-21(23)3)26(35)31-18-22-13-11-10-12-14-22/h10-17,24-25,34H,9,18-19H2,1-8H3,(H,31,35)(H,32,37). The van der Waals surface area contributed by atoms with Crippen molar-refractivity contribution in [3.8, 4) is 0 Å². The van der Waals surface area contributed by atoms with E-state index in [1.54, 1.807) is 20.8 Å². The molecule has 2 unspecified atom stereocenters. The van der Waals surface area contributed by atoms with Gasteiger partial charge in [0.25, 0.3) is 0 Å². The van der Waals surface area contributed by atoms with Gasteiger partial charge in [0, 0.05) is 12.1 Å². The molecule has 3 N–H and O–H groups in total. The summed E-state index contributed by atoms with van der Waals surface area (Å²) in [4.78, 5) is 42.0. The summed E-state index contributed by atoms with van der Waals surface area (Å²) in [5.41, 5.74) is 1.90. The molecule has 0 radical (unpaired) electrons. The molecule has 38 heavy (non-hydrogen) atoms. The Morgan fingerprint density at radius 2 is 1.63 bits per heavy atom. The summed E-state index contributed by atoms with van der Waals surface area (Å²) in [6, 6.07) is 13.0. The molecule has 2 rings (SSSR count). The van der Waals surface area contributed by atoms with Crippen LogP contribution in [0.15, 0.2) is 48.5 Å². The quantitative estimate of drug-likeness (QED) is 0.421. The van der Waals surface area contributed by atoms with Crippen LogP contribution in [0.5, 0.6) is 0 Å². The number of carbonyl (C=O) groups excluding carboxylic acids is 3. The summed E-state index contributed by atoms with van der Waals surface area (Å²) in [5.74, 6) is -0.935. The van der Waals surface area contributed by atoms with E-state index in [1.807, 2.05) is 83.1 Å². The molecular formula is C30H43N3O5. The summed E-state index contributed by atoms with van der Waals surface area (Å²) in [7, 11) is 0. The van der Waals surface area contributed by atoms with Crippen molar-refractivity contribution in [2.24, 2.45) is 0 Å². The average molecular weight is 526 g/mol. The van der Waals surface area contributed by atoms with Crippen LogP contribution in [-0.2, 0) is 20.9 Å². The third-order valence-electron chi connectivity index (χ3n) is 6.46. The van der Waals surface area contributed by atoms with E-state index in [9.17, 15) is 19.5 Å². The van der Waals surface area contributed by atoms with Gasteiger partial charge in [-0.05, 0) is 71.6 Å². The number of nitrogens with zero attached hydrogens (tertiary/aromatic N) is 1. The molecule has 0 aliphatic heterocycles. The van der Waals surface area contributed by atoms with Gasteiger partial charge in [-0.25, -0.2) is 4.79 Å². The van der Waals surface area contributed by atoms with Gasteiger partial charge in [-0.3, -0.25) is 9.59 Å². The first-order chi connectivity index (χ1) is 17.7. The Morgan fingerprint density at radius 1 is 1.00 bits per heavy atom. The third kappa shape index (κ3) is 8.31. The van der Waals surface area contributed by atoms with Crippen molar-refractivity contribution in [1.29, 1.82) is 0 Å². The molecule has 0 saturated carbocycles. The summed E-state index contributed by atoms with van der Waals surface area (Å²) in [6.07, 6.45) is -0.299. The van der Waals surface area contributed by atoms with Gasteiger partial charge in [-0.15, -0.1) is 0 Å². The Bertz CT molecular complexity index is 1110. The molecule has 208 valence electrons. The monoisotopic (exact) mass is 525 g/mol. The Labute approximate surface area is 226 Å². The lowest BCUT2D eigenvalue weighted by Crippen LogP contribution is -2.60. The van der Waals surface area contributed by atoms with E-state index in [4.69, 9.17) is 4.74 Å². The molecule has 0 fully saturated rings. The van der Waals surface area contributed by atoms with Gasteiger partial charge in [0.15, 0.2) is 0 Å². The van der Waals surface area contributed by atoms with Gasteiger partial charge in [-0.2, -0.15) is 0 Å². The Hall–Kier alpha value is -3.39. The van der Waals surface area contributed by atoms with E-state index >= 15 is 0 Å². The lowest BCUT2D eigenvalue weighted by Gasteiger charge is -2.44.